The van der Waals surface area contributed by atoms with Crippen LogP contribution in [0.5, 0.6) is 11.5 Å². The number of anilines is 1. The Morgan fingerprint density at radius 2 is 1.50 bits per heavy atom. The number of ether oxygens (including phenoxy) is 2. The molecule has 0 heterocycles. The lowest BCUT2D eigenvalue weighted by Gasteiger charge is -2.13. The smallest absolute Gasteiger partial charge is 0.119 e. The molecule has 2 aromatic carbocycles. The molecule has 0 saturated heterocycles. The van der Waals surface area contributed by atoms with Crippen LogP contribution < -0.4 is 15.2 Å². The lowest BCUT2D eigenvalue weighted by Crippen LogP contribution is -2.09. The number of rotatable bonds is 6. The number of nitrogen functional groups attached to an aromatic ring is 1. The summed E-state index contributed by atoms with van der Waals surface area (Å²) >= 11 is 0. The normalized spacial score (nSPS) is 11.9. The first kappa shape index (κ1) is 14.2. The first-order chi connectivity index (χ1) is 9.69. The second-order valence-electron chi connectivity index (χ2n) is 4.40. The van der Waals surface area contributed by atoms with Crippen molar-refractivity contribution in [3.63, 3.8) is 0 Å². The Morgan fingerprint density at radius 3 is 2.05 bits per heavy atom. The Hall–Kier alpha value is -2.20. The number of hydrogen-bond donors (Lipinski definition) is 2. The summed E-state index contributed by atoms with van der Waals surface area (Å²) < 4.78 is 10.9. The topological polar surface area (TPSA) is 64.7 Å². The van der Waals surface area contributed by atoms with Crippen molar-refractivity contribution in [2.75, 3.05) is 18.9 Å². The van der Waals surface area contributed by atoms with Gasteiger partial charge in [-0.1, -0.05) is 12.1 Å². The molecule has 1 unspecified atom stereocenters. The standard InChI is InChI=1S/C16H19NO3/c1-2-19-14-7-9-15(10-8-14)20-11-16(18)12-3-5-13(17)6-4-12/h3-10,16,18H,2,11,17H2,1H3. The summed E-state index contributed by atoms with van der Waals surface area (Å²) in [6.07, 6.45) is -0.679. The second kappa shape index (κ2) is 6.82. The number of aliphatic hydroxyl groups excluding tert-OH is 1. The van der Waals surface area contributed by atoms with Crippen LogP contribution in [0.15, 0.2) is 48.5 Å². The highest BCUT2D eigenvalue weighted by Gasteiger charge is 2.08. The van der Waals surface area contributed by atoms with Gasteiger partial charge in [0.15, 0.2) is 0 Å². The zero-order valence-corrected chi connectivity index (χ0v) is 11.5. The van der Waals surface area contributed by atoms with Crippen molar-refractivity contribution in [2.24, 2.45) is 0 Å². The van der Waals surface area contributed by atoms with E-state index in [0.717, 1.165) is 11.3 Å². The minimum Gasteiger partial charge on any atom is -0.494 e. The quantitative estimate of drug-likeness (QED) is 0.794. The van der Waals surface area contributed by atoms with Gasteiger partial charge in [0.2, 0.25) is 0 Å². The van der Waals surface area contributed by atoms with Crippen molar-refractivity contribution >= 4 is 5.69 Å². The molecule has 0 aliphatic heterocycles. The fraction of sp³-hybridized carbons (Fsp3) is 0.250. The first-order valence-corrected chi connectivity index (χ1v) is 6.58. The minimum atomic E-state index is -0.679. The van der Waals surface area contributed by atoms with Crippen LogP contribution in [0.25, 0.3) is 0 Å². The van der Waals surface area contributed by atoms with Gasteiger partial charge in [0.05, 0.1) is 6.61 Å². The Kier molecular flexibility index (Phi) is 4.85. The van der Waals surface area contributed by atoms with Crippen molar-refractivity contribution in [1.82, 2.24) is 0 Å². The Morgan fingerprint density at radius 1 is 0.950 bits per heavy atom. The van der Waals surface area contributed by atoms with Crippen molar-refractivity contribution in [2.45, 2.75) is 13.0 Å². The lowest BCUT2D eigenvalue weighted by molar-refractivity contribution is 0.108. The van der Waals surface area contributed by atoms with Crippen molar-refractivity contribution in [3.8, 4) is 11.5 Å². The zero-order valence-electron chi connectivity index (χ0n) is 11.5. The molecular weight excluding hydrogens is 254 g/mol. The third-order valence-electron chi connectivity index (χ3n) is 2.86. The molecule has 0 bridgehead atoms. The molecule has 0 amide bonds. The molecule has 0 spiro atoms. The van der Waals surface area contributed by atoms with Crippen molar-refractivity contribution in [1.29, 1.82) is 0 Å². The molecular formula is C16H19NO3. The summed E-state index contributed by atoms with van der Waals surface area (Å²) in [5, 5.41) is 10.0. The molecule has 0 aromatic heterocycles. The summed E-state index contributed by atoms with van der Waals surface area (Å²) in [6, 6.07) is 14.4. The van der Waals surface area contributed by atoms with Gasteiger partial charge in [0.1, 0.15) is 24.2 Å². The maximum Gasteiger partial charge on any atom is 0.119 e. The van der Waals surface area contributed by atoms with Gasteiger partial charge < -0.3 is 20.3 Å². The zero-order chi connectivity index (χ0) is 14.4. The lowest BCUT2D eigenvalue weighted by atomic mass is 10.1. The van der Waals surface area contributed by atoms with Gasteiger partial charge in [-0.05, 0) is 48.9 Å². The van der Waals surface area contributed by atoms with Gasteiger partial charge in [0, 0.05) is 5.69 Å². The second-order valence-corrected chi connectivity index (χ2v) is 4.40. The Bertz CT molecular complexity index is 522. The predicted octanol–water partition coefficient (Wildman–Crippen LogP) is 2.78. The maximum absolute atomic E-state index is 10.0. The van der Waals surface area contributed by atoms with Gasteiger partial charge >= 0.3 is 0 Å². The van der Waals surface area contributed by atoms with Gasteiger partial charge in [-0.15, -0.1) is 0 Å². The third-order valence-corrected chi connectivity index (χ3v) is 2.86. The van der Waals surface area contributed by atoms with Crippen LogP contribution in [0.1, 0.15) is 18.6 Å². The van der Waals surface area contributed by atoms with E-state index in [4.69, 9.17) is 15.2 Å². The van der Waals surface area contributed by atoms with Gasteiger partial charge in [0.25, 0.3) is 0 Å². The van der Waals surface area contributed by atoms with Crippen LogP contribution in [0.3, 0.4) is 0 Å². The summed E-state index contributed by atoms with van der Waals surface area (Å²) in [4.78, 5) is 0. The molecule has 0 aliphatic carbocycles. The predicted molar refractivity (Wildman–Crippen MR) is 78.9 cm³/mol. The van der Waals surface area contributed by atoms with Crippen LogP contribution in [0.2, 0.25) is 0 Å². The van der Waals surface area contributed by atoms with E-state index in [9.17, 15) is 5.11 Å². The molecule has 0 saturated carbocycles. The van der Waals surface area contributed by atoms with E-state index in [1.165, 1.54) is 0 Å². The molecule has 20 heavy (non-hydrogen) atoms. The molecule has 3 N–H and O–H groups in total. The highest BCUT2D eigenvalue weighted by atomic mass is 16.5. The van der Waals surface area contributed by atoms with Crippen LogP contribution in [0, 0.1) is 0 Å². The number of hydrogen-bond acceptors (Lipinski definition) is 4. The van der Waals surface area contributed by atoms with Gasteiger partial charge in [-0.25, -0.2) is 0 Å². The molecule has 0 radical (unpaired) electrons. The summed E-state index contributed by atoms with van der Waals surface area (Å²) in [5.74, 6) is 1.50. The first-order valence-electron chi connectivity index (χ1n) is 6.58. The third kappa shape index (κ3) is 3.90. The van der Waals surface area contributed by atoms with Crippen LogP contribution >= 0.6 is 0 Å². The fourth-order valence-corrected chi connectivity index (χ4v) is 1.79. The van der Waals surface area contributed by atoms with Crippen LogP contribution in [0.4, 0.5) is 5.69 Å². The summed E-state index contributed by atoms with van der Waals surface area (Å²) in [7, 11) is 0. The molecule has 1 atom stereocenters. The van der Waals surface area contributed by atoms with Gasteiger partial charge in [-0.2, -0.15) is 0 Å². The number of nitrogens with two attached hydrogens (primary N) is 1. The van der Waals surface area contributed by atoms with Gasteiger partial charge in [-0.3, -0.25) is 0 Å². The Labute approximate surface area is 118 Å². The largest absolute Gasteiger partial charge is 0.494 e. The number of benzene rings is 2. The van der Waals surface area contributed by atoms with Crippen LogP contribution in [-0.2, 0) is 0 Å². The fourth-order valence-electron chi connectivity index (χ4n) is 1.79. The maximum atomic E-state index is 10.0. The van der Waals surface area contributed by atoms with E-state index in [-0.39, 0.29) is 6.61 Å². The molecule has 2 rings (SSSR count). The highest BCUT2D eigenvalue weighted by molar-refractivity contribution is 5.40. The monoisotopic (exact) mass is 273 g/mol. The highest BCUT2D eigenvalue weighted by Crippen LogP contribution is 2.20. The molecule has 0 fully saturated rings. The summed E-state index contributed by atoms with van der Waals surface area (Å²) in [5.41, 5.74) is 7.06. The summed E-state index contributed by atoms with van der Waals surface area (Å²) in [6.45, 7) is 2.77. The number of aliphatic hydroxyl groups is 1. The van der Waals surface area contributed by atoms with E-state index in [0.29, 0.717) is 18.0 Å². The van der Waals surface area contributed by atoms with Crippen molar-refractivity contribution in [3.05, 3.63) is 54.1 Å². The van der Waals surface area contributed by atoms with E-state index >= 15 is 0 Å². The van der Waals surface area contributed by atoms with Crippen molar-refractivity contribution < 1.29 is 14.6 Å². The van der Waals surface area contributed by atoms with E-state index in [1.54, 1.807) is 24.3 Å². The van der Waals surface area contributed by atoms with Crippen LogP contribution in [-0.4, -0.2) is 18.3 Å². The molecule has 4 heteroatoms. The SMILES string of the molecule is CCOc1ccc(OCC(O)c2ccc(N)cc2)cc1. The Balaban J connectivity index is 1.89. The molecule has 4 nitrogen and oxygen atoms in total. The minimum absolute atomic E-state index is 0.192. The average Bonchev–Trinajstić information content (AvgIpc) is 2.47. The van der Waals surface area contributed by atoms with E-state index in [2.05, 4.69) is 0 Å². The molecule has 0 aliphatic rings. The molecule has 106 valence electrons. The van der Waals surface area contributed by atoms with E-state index < -0.39 is 6.10 Å². The van der Waals surface area contributed by atoms with E-state index in [1.807, 2.05) is 31.2 Å². The molecule has 2 aromatic rings. The average molecular weight is 273 g/mol.